The van der Waals surface area contributed by atoms with Crippen LogP contribution in [-0.4, -0.2) is 19.8 Å². The molecule has 0 spiro atoms. The van der Waals surface area contributed by atoms with Gasteiger partial charge in [-0.3, -0.25) is 0 Å². The maximum atomic E-state index is 5.59. The number of hydrogen-bond acceptors (Lipinski definition) is 5. The molecule has 0 aliphatic rings. The van der Waals surface area contributed by atoms with Crippen LogP contribution >= 0.6 is 27.3 Å². The first-order valence-corrected chi connectivity index (χ1v) is 6.56. The monoisotopic (exact) mass is 309 g/mol. The summed E-state index contributed by atoms with van der Waals surface area (Å²) < 4.78 is 2.76. The number of halogens is 1. The first kappa shape index (κ1) is 10.8. The van der Waals surface area contributed by atoms with E-state index >= 15 is 0 Å². The van der Waals surface area contributed by atoms with E-state index in [9.17, 15) is 0 Å². The Hall–Kier alpha value is -1.31. The lowest BCUT2D eigenvalue weighted by Crippen LogP contribution is -2.05. The molecule has 0 radical (unpaired) electrons. The molecule has 0 saturated heterocycles. The van der Waals surface area contributed by atoms with Crippen molar-refractivity contribution in [3.63, 3.8) is 0 Å². The number of nitrogens with two attached hydrogens (primary N) is 1. The van der Waals surface area contributed by atoms with Gasteiger partial charge in [-0.2, -0.15) is 9.61 Å². The third-order valence-corrected chi connectivity index (χ3v) is 3.98. The van der Waals surface area contributed by atoms with Gasteiger partial charge in [-0.25, -0.2) is 0 Å². The molecule has 2 N–H and O–H groups in total. The van der Waals surface area contributed by atoms with Crippen molar-refractivity contribution in [2.75, 3.05) is 0 Å². The highest BCUT2D eigenvalue weighted by Gasteiger charge is 2.08. The minimum absolute atomic E-state index is 0.325. The van der Waals surface area contributed by atoms with Crippen molar-refractivity contribution in [1.29, 1.82) is 0 Å². The van der Waals surface area contributed by atoms with E-state index in [1.165, 1.54) is 0 Å². The Labute approximate surface area is 109 Å². The number of rotatable bonds is 2. The molecule has 0 aliphatic heterocycles. The molecule has 0 bridgehead atoms. The second-order valence-electron chi connectivity index (χ2n) is 3.41. The normalized spacial score (nSPS) is 11.2. The SMILES string of the molecule is NCc1nnc2ccc(-c3ccc(Br)s3)nn12. The van der Waals surface area contributed by atoms with Crippen molar-refractivity contribution in [3.05, 3.63) is 33.9 Å². The molecular formula is C10H8BrN5S. The average molecular weight is 310 g/mol. The molecule has 17 heavy (non-hydrogen) atoms. The summed E-state index contributed by atoms with van der Waals surface area (Å²) in [5, 5.41) is 12.5. The lowest BCUT2D eigenvalue weighted by atomic mass is 10.3. The molecule has 0 fully saturated rings. The van der Waals surface area contributed by atoms with Gasteiger partial charge in [0.15, 0.2) is 11.5 Å². The third kappa shape index (κ3) is 1.86. The van der Waals surface area contributed by atoms with Crippen LogP contribution in [-0.2, 0) is 6.54 Å². The van der Waals surface area contributed by atoms with Crippen LogP contribution in [0.25, 0.3) is 16.2 Å². The van der Waals surface area contributed by atoms with Crippen molar-refractivity contribution in [2.45, 2.75) is 6.54 Å². The quantitative estimate of drug-likeness (QED) is 0.787. The fraction of sp³-hybridized carbons (Fsp3) is 0.100. The van der Waals surface area contributed by atoms with Gasteiger partial charge < -0.3 is 5.73 Å². The summed E-state index contributed by atoms with van der Waals surface area (Å²) in [5.74, 6) is 0.664. The molecule has 0 aliphatic carbocycles. The van der Waals surface area contributed by atoms with E-state index in [1.807, 2.05) is 24.3 Å². The minimum Gasteiger partial charge on any atom is -0.324 e. The van der Waals surface area contributed by atoms with Crippen molar-refractivity contribution < 1.29 is 0 Å². The number of thiophene rings is 1. The molecule has 5 nitrogen and oxygen atoms in total. The van der Waals surface area contributed by atoms with Gasteiger partial charge in [-0.15, -0.1) is 21.5 Å². The Morgan fingerprint density at radius 2 is 2.12 bits per heavy atom. The summed E-state index contributed by atoms with van der Waals surface area (Å²) in [7, 11) is 0. The first-order chi connectivity index (χ1) is 8.28. The zero-order valence-electron chi connectivity index (χ0n) is 8.67. The van der Waals surface area contributed by atoms with Crippen molar-refractivity contribution in [3.8, 4) is 10.6 Å². The molecule has 3 aromatic heterocycles. The maximum absolute atomic E-state index is 5.59. The van der Waals surface area contributed by atoms with E-state index in [0.717, 1.165) is 14.4 Å². The summed E-state index contributed by atoms with van der Waals surface area (Å²) in [6, 6.07) is 7.85. The number of aromatic nitrogens is 4. The summed E-state index contributed by atoms with van der Waals surface area (Å²) in [4.78, 5) is 1.09. The summed E-state index contributed by atoms with van der Waals surface area (Å²) in [6.45, 7) is 0.325. The van der Waals surface area contributed by atoms with Crippen LogP contribution in [0.5, 0.6) is 0 Å². The molecule has 3 aromatic rings. The molecule has 3 heterocycles. The molecule has 0 aromatic carbocycles. The van der Waals surface area contributed by atoms with E-state index in [0.29, 0.717) is 18.0 Å². The van der Waals surface area contributed by atoms with Crippen molar-refractivity contribution >= 4 is 32.9 Å². The van der Waals surface area contributed by atoms with Gasteiger partial charge in [0.1, 0.15) is 5.69 Å². The molecule has 0 saturated carbocycles. The molecule has 7 heteroatoms. The standard InChI is InChI=1S/C10H8BrN5S/c11-8-3-2-7(17-8)6-1-4-9-13-14-10(5-12)16(9)15-6/h1-4H,5,12H2. The molecule has 0 unspecified atom stereocenters. The van der Waals surface area contributed by atoms with E-state index in [-0.39, 0.29) is 0 Å². The van der Waals surface area contributed by atoms with Crippen LogP contribution in [0.1, 0.15) is 5.82 Å². The molecule has 86 valence electrons. The Morgan fingerprint density at radius 3 is 2.82 bits per heavy atom. The number of nitrogens with zero attached hydrogens (tertiary/aromatic N) is 4. The molecular weight excluding hydrogens is 302 g/mol. The Kier molecular flexibility index (Phi) is 2.65. The maximum Gasteiger partial charge on any atom is 0.177 e. The van der Waals surface area contributed by atoms with Gasteiger partial charge in [0, 0.05) is 0 Å². The fourth-order valence-electron chi connectivity index (χ4n) is 1.54. The van der Waals surface area contributed by atoms with Crippen LogP contribution in [0.15, 0.2) is 28.1 Å². The number of hydrogen-bond donors (Lipinski definition) is 1. The number of fused-ring (bicyclic) bond motifs is 1. The highest BCUT2D eigenvalue weighted by Crippen LogP contribution is 2.29. The fourth-order valence-corrected chi connectivity index (χ4v) is 2.89. The summed E-state index contributed by atoms with van der Waals surface area (Å²) >= 11 is 5.07. The molecule has 0 amide bonds. The van der Waals surface area contributed by atoms with E-state index < -0.39 is 0 Å². The van der Waals surface area contributed by atoms with E-state index in [2.05, 4.69) is 31.2 Å². The van der Waals surface area contributed by atoms with E-state index in [4.69, 9.17) is 5.73 Å². The van der Waals surface area contributed by atoms with Crippen LogP contribution in [0.2, 0.25) is 0 Å². The second kappa shape index (κ2) is 4.17. The largest absolute Gasteiger partial charge is 0.324 e. The predicted octanol–water partition coefficient (Wildman–Crippen LogP) is 2.07. The zero-order valence-corrected chi connectivity index (χ0v) is 11.1. The van der Waals surface area contributed by atoms with Gasteiger partial charge in [-0.1, -0.05) is 0 Å². The average Bonchev–Trinajstić information content (AvgIpc) is 2.94. The lowest BCUT2D eigenvalue weighted by Gasteiger charge is -1.99. The van der Waals surface area contributed by atoms with E-state index in [1.54, 1.807) is 15.9 Å². The Bertz CT molecular complexity index is 674. The van der Waals surface area contributed by atoms with Crippen LogP contribution < -0.4 is 5.73 Å². The zero-order chi connectivity index (χ0) is 11.8. The second-order valence-corrected chi connectivity index (χ2v) is 5.88. The van der Waals surface area contributed by atoms with Crippen molar-refractivity contribution in [2.24, 2.45) is 5.73 Å². The highest BCUT2D eigenvalue weighted by molar-refractivity contribution is 9.11. The van der Waals surface area contributed by atoms with Crippen LogP contribution in [0, 0.1) is 0 Å². The van der Waals surface area contributed by atoms with Gasteiger partial charge in [-0.05, 0) is 40.2 Å². The smallest absolute Gasteiger partial charge is 0.177 e. The predicted molar refractivity (Wildman–Crippen MR) is 69.7 cm³/mol. The Balaban J connectivity index is 2.18. The van der Waals surface area contributed by atoms with Crippen LogP contribution in [0.4, 0.5) is 0 Å². The third-order valence-electron chi connectivity index (χ3n) is 2.34. The summed E-state index contributed by atoms with van der Waals surface area (Å²) in [5.41, 5.74) is 7.19. The van der Waals surface area contributed by atoms with Gasteiger partial charge in [0.05, 0.1) is 15.2 Å². The summed E-state index contributed by atoms with van der Waals surface area (Å²) in [6.07, 6.45) is 0. The first-order valence-electron chi connectivity index (χ1n) is 4.95. The van der Waals surface area contributed by atoms with Crippen molar-refractivity contribution in [1.82, 2.24) is 19.8 Å². The molecule has 3 rings (SSSR count). The van der Waals surface area contributed by atoms with Gasteiger partial charge in [0.25, 0.3) is 0 Å². The Morgan fingerprint density at radius 1 is 1.24 bits per heavy atom. The topological polar surface area (TPSA) is 69.1 Å². The molecule has 0 atom stereocenters. The van der Waals surface area contributed by atoms with Crippen LogP contribution in [0.3, 0.4) is 0 Å². The highest BCUT2D eigenvalue weighted by atomic mass is 79.9. The van der Waals surface area contributed by atoms with Gasteiger partial charge in [0.2, 0.25) is 0 Å². The van der Waals surface area contributed by atoms with Gasteiger partial charge >= 0.3 is 0 Å². The minimum atomic E-state index is 0.325. The lowest BCUT2D eigenvalue weighted by molar-refractivity contribution is 0.812.